The monoisotopic (exact) mass is 278 g/mol. The molecule has 0 aliphatic carbocycles. The van der Waals surface area contributed by atoms with E-state index in [0.717, 1.165) is 17.7 Å². The number of halogens is 2. The first-order chi connectivity index (χ1) is 9.51. The average Bonchev–Trinajstić information content (AvgIpc) is 2.42. The lowest BCUT2D eigenvalue weighted by molar-refractivity contribution is 0.318. The highest BCUT2D eigenvalue weighted by Gasteiger charge is 2.07. The Labute approximate surface area is 114 Å². The van der Waals surface area contributed by atoms with Crippen LogP contribution in [-0.2, 0) is 0 Å². The summed E-state index contributed by atoms with van der Waals surface area (Å²) >= 11 is 0. The van der Waals surface area contributed by atoms with E-state index >= 15 is 0 Å². The number of aryl methyl sites for hydroxylation is 1. The average molecular weight is 278 g/mol. The van der Waals surface area contributed by atoms with Crippen molar-refractivity contribution in [2.24, 2.45) is 10.9 Å². The molecule has 2 rings (SSSR count). The largest absolute Gasteiger partial charge is 0.457 e. The fourth-order valence-electron chi connectivity index (χ4n) is 1.72. The Morgan fingerprint density at radius 1 is 1.10 bits per heavy atom. The first-order valence-corrected chi connectivity index (χ1v) is 5.72. The summed E-state index contributed by atoms with van der Waals surface area (Å²) in [6, 6.07) is 8.12. The zero-order valence-electron chi connectivity index (χ0n) is 10.6. The standard InChI is InChI=1S/C14H12F2N2O2/c1-8-6-9(2-4-11(8)14(17)18-19)20-10-3-5-12(15)13(16)7-10/h2-7,19H,1H3,(H2,17,18). The Hall–Kier alpha value is -2.63. The molecule has 0 aromatic heterocycles. The Morgan fingerprint density at radius 2 is 1.75 bits per heavy atom. The summed E-state index contributed by atoms with van der Waals surface area (Å²) in [5.41, 5.74) is 6.79. The third kappa shape index (κ3) is 2.85. The SMILES string of the molecule is Cc1cc(Oc2ccc(F)c(F)c2)ccc1/C(N)=N/O. The van der Waals surface area contributed by atoms with Gasteiger partial charge < -0.3 is 15.7 Å². The number of hydrogen-bond acceptors (Lipinski definition) is 3. The number of benzene rings is 2. The van der Waals surface area contributed by atoms with E-state index in [0.29, 0.717) is 11.3 Å². The molecule has 0 saturated carbocycles. The first-order valence-electron chi connectivity index (χ1n) is 5.72. The van der Waals surface area contributed by atoms with E-state index in [1.165, 1.54) is 6.07 Å². The van der Waals surface area contributed by atoms with Crippen LogP contribution in [0, 0.1) is 18.6 Å². The van der Waals surface area contributed by atoms with Crippen LogP contribution in [0.4, 0.5) is 8.78 Å². The van der Waals surface area contributed by atoms with Gasteiger partial charge in [-0.15, -0.1) is 0 Å². The fraction of sp³-hybridized carbons (Fsp3) is 0.0714. The van der Waals surface area contributed by atoms with Crippen molar-refractivity contribution in [2.75, 3.05) is 0 Å². The summed E-state index contributed by atoms with van der Waals surface area (Å²) in [6.45, 7) is 1.76. The summed E-state index contributed by atoms with van der Waals surface area (Å²) in [4.78, 5) is 0. The van der Waals surface area contributed by atoms with Crippen molar-refractivity contribution >= 4 is 5.84 Å². The van der Waals surface area contributed by atoms with Gasteiger partial charge in [0.25, 0.3) is 0 Å². The highest BCUT2D eigenvalue weighted by Crippen LogP contribution is 2.25. The van der Waals surface area contributed by atoms with Crippen molar-refractivity contribution in [3.05, 3.63) is 59.2 Å². The van der Waals surface area contributed by atoms with E-state index in [4.69, 9.17) is 15.7 Å². The third-order valence-corrected chi connectivity index (χ3v) is 2.71. The van der Waals surface area contributed by atoms with Crippen molar-refractivity contribution in [3.63, 3.8) is 0 Å². The van der Waals surface area contributed by atoms with Gasteiger partial charge in [-0.1, -0.05) is 5.16 Å². The number of amidine groups is 1. The Bertz CT molecular complexity index is 672. The molecule has 0 amide bonds. The van der Waals surface area contributed by atoms with Gasteiger partial charge in [0.05, 0.1) is 0 Å². The maximum absolute atomic E-state index is 13.1. The summed E-state index contributed by atoms with van der Waals surface area (Å²) < 4.78 is 31.3. The lowest BCUT2D eigenvalue weighted by Gasteiger charge is -2.09. The number of ether oxygens (including phenoxy) is 1. The molecule has 0 radical (unpaired) electrons. The molecule has 0 spiro atoms. The van der Waals surface area contributed by atoms with E-state index in [9.17, 15) is 8.78 Å². The highest BCUT2D eigenvalue weighted by atomic mass is 19.2. The number of nitrogens with zero attached hydrogens (tertiary/aromatic N) is 1. The van der Waals surface area contributed by atoms with E-state index < -0.39 is 11.6 Å². The maximum atomic E-state index is 13.1. The normalized spacial score (nSPS) is 11.4. The minimum absolute atomic E-state index is 0.0122. The predicted molar refractivity (Wildman–Crippen MR) is 70.1 cm³/mol. The van der Waals surface area contributed by atoms with Gasteiger partial charge in [0.2, 0.25) is 0 Å². The van der Waals surface area contributed by atoms with Crippen LogP contribution in [0.25, 0.3) is 0 Å². The molecule has 6 heteroatoms. The minimum Gasteiger partial charge on any atom is -0.457 e. The molecule has 0 fully saturated rings. The lowest BCUT2D eigenvalue weighted by Crippen LogP contribution is -2.14. The second-order valence-electron chi connectivity index (χ2n) is 4.14. The smallest absolute Gasteiger partial charge is 0.170 e. The molecule has 0 bridgehead atoms. The minimum atomic E-state index is -0.979. The van der Waals surface area contributed by atoms with Crippen molar-refractivity contribution in [1.82, 2.24) is 0 Å². The first kappa shape index (κ1) is 13.8. The van der Waals surface area contributed by atoms with E-state index in [-0.39, 0.29) is 11.6 Å². The molecule has 0 heterocycles. The summed E-state index contributed by atoms with van der Waals surface area (Å²) in [6.07, 6.45) is 0. The molecule has 0 unspecified atom stereocenters. The molecule has 0 aliphatic rings. The molecule has 0 saturated heterocycles. The van der Waals surface area contributed by atoms with Crippen LogP contribution in [0.5, 0.6) is 11.5 Å². The van der Waals surface area contributed by atoms with Gasteiger partial charge in [0, 0.05) is 11.6 Å². The summed E-state index contributed by atoms with van der Waals surface area (Å²) in [5, 5.41) is 11.5. The molecule has 0 aliphatic heterocycles. The van der Waals surface area contributed by atoms with Crippen LogP contribution < -0.4 is 10.5 Å². The summed E-state index contributed by atoms with van der Waals surface area (Å²) in [5.74, 6) is -1.31. The Balaban J connectivity index is 2.26. The number of rotatable bonds is 3. The molecule has 20 heavy (non-hydrogen) atoms. The molecule has 2 aromatic rings. The van der Waals surface area contributed by atoms with Gasteiger partial charge in [0.15, 0.2) is 17.5 Å². The predicted octanol–water partition coefficient (Wildman–Crippen LogP) is 3.16. The van der Waals surface area contributed by atoms with Gasteiger partial charge in [0.1, 0.15) is 11.5 Å². The zero-order valence-corrected chi connectivity index (χ0v) is 10.6. The van der Waals surface area contributed by atoms with Crippen molar-refractivity contribution in [3.8, 4) is 11.5 Å². The molecular formula is C14H12F2N2O2. The van der Waals surface area contributed by atoms with Crippen LogP contribution in [0.15, 0.2) is 41.6 Å². The Kier molecular flexibility index (Phi) is 3.84. The van der Waals surface area contributed by atoms with Crippen molar-refractivity contribution < 1.29 is 18.7 Å². The van der Waals surface area contributed by atoms with Crippen molar-refractivity contribution in [1.29, 1.82) is 0 Å². The molecule has 0 atom stereocenters. The summed E-state index contributed by atoms with van der Waals surface area (Å²) in [7, 11) is 0. The third-order valence-electron chi connectivity index (χ3n) is 2.71. The van der Waals surface area contributed by atoms with Gasteiger partial charge >= 0.3 is 0 Å². The second-order valence-corrected chi connectivity index (χ2v) is 4.14. The van der Waals surface area contributed by atoms with Crippen LogP contribution in [0.2, 0.25) is 0 Å². The number of oxime groups is 1. The van der Waals surface area contributed by atoms with Gasteiger partial charge in [-0.25, -0.2) is 8.78 Å². The van der Waals surface area contributed by atoms with Crippen LogP contribution in [-0.4, -0.2) is 11.0 Å². The van der Waals surface area contributed by atoms with Crippen LogP contribution in [0.1, 0.15) is 11.1 Å². The maximum Gasteiger partial charge on any atom is 0.170 e. The van der Waals surface area contributed by atoms with E-state index in [2.05, 4.69) is 5.16 Å². The van der Waals surface area contributed by atoms with E-state index in [1.54, 1.807) is 25.1 Å². The van der Waals surface area contributed by atoms with Gasteiger partial charge in [-0.2, -0.15) is 0 Å². The fourth-order valence-corrected chi connectivity index (χ4v) is 1.72. The van der Waals surface area contributed by atoms with Crippen LogP contribution in [0.3, 0.4) is 0 Å². The van der Waals surface area contributed by atoms with Crippen LogP contribution >= 0.6 is 0 Å². The second kappa shape index (κ2) is 5.56. The highest BCUT2D eigenvalue weighted by molar-refractivity contribution is 5.98. The quantitative estimate of drug-likeness (QED) is 0.392. The number of hydrogen-bond donors (Lipinski definition) is 2. The van der Waals surface area contributed by atoms with E-state index in [1.807, 2.05) is 0 Å². The number of nitrogens with two attached hydrogens (primary N) is 1. The molecule has 104 valence electrons. The molecular weight excluding hydrogens is 266 g/mol. The van der Waals surface area contributed by atoms with Crippen molar-refractivity contribution in [2.45, 2.75) is 6.92 Å². The molecule has 3 N–H and O–H groups in total. The Morgan fingerprint density at radius 3 is 2.35 bits per heavy atom. The molecule has 2 aromatic carbocycles. The topological polar surface area (TPSA) is 67.8 Å². The van der Waals surface area contributed by atoms with Gasteiger partial charge in [-0.3, -0.25) is 0 Å². The van der Waals surface area contributed by atoms with Gasteiger partial charge in [-0.05, 0) is 42.8 Å². The molecule has 4 nitrogen and oxygen atoms in total. The zero-order chi connectivity index (χ0) is 14.7. The lowest BCUT2D eigenvalue weighted by atomic mass is 10.1.